The Morgan fingerprint density at radius 3 is 2.57 bits per heavy atom. The van der Waals surface area contributed by atoms with Crippen molar-refractivity contribution in [3.05, 3.63) is 58.3 Å². The lowest BCUT2D eigenvalue weighted by Gasteiger charge is -2.18. The van der Waals surface area contributed by atoms with Crippen molar-refractivity contribution in [1.82, 2.24) is 4.31 Å². The summed E-state index contributed by atoms with van der Waals surface area (Å²) in [6, 6.07) is 10.8. The van der Waals surface area contributed by atoms with Crippen LogP contribution in [-0.4, -0.2) is 19.8 Å². The number of rotatable bonds is 4. The highest BCUT2D eigenvalue weighted by atomic mass is 79.9. The first-order chi connectivity index (χ1) is 9.80. The average Bonchev–Trinajstić information content (AvgIpc) is 2.38. The first-order valence-electron chi connectivity index (χ1n) is 6.06. The van der Waals surface area contributed by atoms with E-state index >= 15 is 0 Å². The number of sulfonamides is 1. The maximum absolute atomic E-state index is 13.9. The van der Waals surface area contributed by atoms with E-state index in [2.05, 4.69) is 15.9 Å². The summed E-state index contributed by atoms with van der Waals surface area (Å²) < 4.78 is 40.2. The third-order valence-electron chi connectivity index (χ3n) is 2.94. The molecule has 4 nitrogen and oxygen atoms in total. The molecule has 2 aromatic carbocycles. The van der Waals surface area contributed by atoms with E-state index in [0.29, 0.717) is 10.2 Å². The van der Waals surface area contributed by atoms with Crippen LogP contribution in [0.1, 0.15) is 5.56 Å². The zero-order chi connectivity index (χ0) is 15.6. The van der Waals surface area contributed by atoms with Gasteiger partial charge in [-0.05, 0) is 35.9 Å². The molecule has 7 heteroatoms. The summed E-state index contributed by atoms with van der Waals surface area (Å²) in [5.74, 6) is -0.788. The van der Waals surface area contributed by atoms with E-state index in [1.165, 1.54) is 19.2 Å². The van der Waals surface area contributed by atoms with Crippen LogP contribution < -0.4 is 5.73 Å². The first-order valence-corrected chi connectivity index (χ1v) is 8.30. The van der Waals surface area contributed by atoms with E-state index in [4.69, 9.17) is 5.73 Å². The van der Waals surface area contributed by atoms with Gasteiger partial charge in [0.05, 0.1) is 0 Å². The summed E-state index contributed by atoms with van der Waals surface area (Å²) in [5, 5.41) is 0. The molecule has 0 fully saturated rings. The van der Waals surface area contributed by atoms with Gasteiger partial charge in [0.25, 0.3) is 0 Å². The van der Waals surface area contributed by atoms with Gasteiger partial charge >= 0.3 is 0 Å². The molecule has 0 saturated heterocycles. The quantitative estimate of drug-likeness (QED) is 0.839. The van der Waals surface area contributed by atoms with Crippen molar-refractivity contribution in [2.45, 2.75) is 11.4 Å². The monoisotopic (exact) mass is 372 g/mol. The van der Waals surface area contributed by atoms with Crippen molar-refractivity contribution in [1.29, 1.82) is 0 Å². The van der Waals surface area contributed by atoms with Crippen molar-refractivity contribution in [3.8, 4) is 0 Å². The Kier molecular flexibility index (Phi) is 4.65. The summed E-state index contributed by atoms with van der Waals surface area (Å²) in [7, 11) is -2.50. The fraction of sp³-hybridized carbons (Fsp3) is 0.143. The normalized spacial score (nSPS) is 11.8. The number of anilines is 1. The molecule has 0 aliphatic heterocycles. The van der Waals surface area contributed by atoms with Gasteiger partial charge in [-0.1, -0.05) is 28.1 Å². The van der Waals surface area contributed by atoms with Crippen LogP contribution in [0.4, 0.5) is 10.1 Å². The highest BCUT2D eigenvalue weighted by Crippen LogP contribution is 2.23. The van der Waals surface area contributed by atoms with Crippen molar-refractivity contribution < 1.29 is 12.8 Å². The Hall–Kier alpha value is -1.44. The molecule has 112 valence electrons. The maximum atomic E-state index is 13.9. The van der Waals surface area contributed by atoms with Crippen LogP contribution in [0.5, 0.6) is 0 Å². The predicted molar refractivity (Wildman–Crippen MR) is 83.6 cm³/mol. The highest BCUT2D eigenvalue weighted by Gasteiger charge is 2.24. The Morgan fingerprint density at radius 1 is 1.24 bits per heavy atom. The van der Waals surface area contributed by atoms with Gasteiger partial charge in [-0.15, -0.1) is 0 Å². The van der Waals surface area contributed by atoms with Crippen molar-refractivity contribution in [2.75, 3.05) is 12.8 Å². The molecule has 0 aliphatic carbocycles. The van der Waals surface area contributed by atoms with Gasteiger partial charge in [-0.2, -0.15) is 4.31 Å². The Balaban J connectivity index is 2.30. The summed E-state index contributed by atoms with van der Waals surface area (Å²) >= 11 is 3.10. The van der Waals surface area contributed by atoms with E-state index < -0.39 is 15.8 Å². The smallest absolute Gasteiger partial charge is 0.246 e. The lowest BCUT2D eigenvalue weighted by molar-refractivity contribution is 0.460. The number of nitrogens with two attached hydrogens (primary N) is 1. The molecule has 2 rings (SSSR count). The second-order valence-corrected chi connectivity index (χ2v) is 7.51. The molecule has 0 unspecified atom stereocenters. The maximum Gasteiger partial charge on any atom is 0.246 e. The molecular formula is C14H14BrFN2O2S. The summed E-state index contributed by atoms with van der Waals surface area (Å²) in [6.45, 7) is 0.114. The van der Waals surface area contributed by atoms with Crippen LogP contribution in [0, 0.1) is 5.82 Å². The minimum Gasteiger partial charge on any atom is -0.399 e. The van der Waals surface area contributed by atoms with Crippen molar-refractivity contribution >= 4 is 31.6 Å². The second kappa shape index (κ2) is 6.13. The zero-order valence-electron chi connectivity index (χ0n) is 11.3. The van der Waals surface area contributed by atoms with Crippen LogP contribution >= 0.6 is 15.9 Å². The molecule has 0 atom stereocenters. The minimum atomic E-state index is -3.90. The van der Waals surface area contributed by atoms with Gasteiger partial charge in [0.1, 0.15) is 10.7 Å². The number of hydrogen-bond acceptors (Lipinski definition) is 3. The van der Waals surface area contributed by atoms with Crippen LogP contribution in [0.25, 0.3) is 0 Å². The highest BCUT2D eigenvalue weighted by molar-refractivity contribution is 9.10. The summed E-state index contributed by atoms with van der Waals surface area (Å²) in [5.41, 5.74) is 6.95. The second-order valence-electron chi connectivity index (χ2n) is 4.58. The first kappa shape index (κ1) is 15.9. The SMILES string of the molecule is CN(Cc1cccc(N)c1)S(=O)(=O)c1ccc(Br)cc1F. The fourth-order valence-electron chi connectivity index (χ4n) is 1.89. The van der Waals surface area contributed by atoms with Gasteiger partial charge in [0, 0.05) is 23.8 Å². The van der Waals surface area contributed by atoms with E-state index in [-0.39, 0.29) is 11.4 Å². The van der Waals surface area contributed by atoms with E-state index in [1.807, 2.05) is 0 Å². The molecule has 0 aromatic heterocycles. The molecule has 0 saturated carbocycles. The van der Waals surface area contributed by atoms with Gasteiger partial charge < -0.3 is 5.73 Å². The molecule has 0 amide bonds. The van der Waals surface area contributed by atoms with Crippen molar-refractivity contribution in [2.24, 2.45) is 0 Å². The largest absolute Gasteiger partial charge is 0.399 e. The molecular weight excluding hydrogens is 359 g/mol. The standard InChI is InChI=1S/C14H14BrFN2O2S/c1-18(9-10-3-2-4-12(17)7-10)21(19,20)14-6-5-11(15)8-13(14)16/h2-8H,9,17H2,1H3. The van der Waals surface area contributed by atoms with Gasteiger partial charge in [-0.3, -0.25) is 0 Å². The van der Waals surface area contributed by atoms with Crippen LogP contribution in [0.15, 0.2) is 51.8 Å². The van der Waals surface area contributed by atoms with Gasteiger partial charge in [0.15, 0.2) is 0 Å². The molecule has 2 aromatic rings. The zero-order valence-corrected chi connectivity index (χ0v) is 13.7. The van der Waals surface area contributed by atoms with E-state index in [9.17, 15) is 12.8 Å². The van der Waals surface area contributed by atoms with Gasteiger partial charge in [0.2, 0.25) is 10.0 Å². The average molecular weight is 373 g/mol. The number of hydrogen-bond donors (Lipinski definition) is 1. The molecule has 0 heterocycles. The molecule has 0 radical (unpaired) electrons. The number of benzene rings is 2. The van der Waals surface area contributed by atoms with E-state index in [0.717, 1.165) is 15.9 Å². The molecule has 21 heavy (non-hydrogen) atoms. The topological polar surface area (TPSA) is 63.4 Å². The molecule has 0 spiro atoms. The molecule has 2 N–H and O–H groups in total. The lowest BCUT2D eigenvalue weighted by atomic mass is 10.2. The predicted octanol–water partition coefficient (Wildman–Crippen LogP) is 2.99. The third kappa shape index (κ3) is 3.61. The lowest BCUT2D eigenvalue weighted by Crippen LogP contribution is -2.27. The van der Waals surface area contributed by atoms with Crippen LogP contribution in [0.2, 0.25) is 0 Å². The van der Waals surface area contributed by atoms with E-state index in [1.54, 1.807) is 24.3 Å². The Bertz CT molecular complexity index is 765. The third-order valence-corrected chi connectivity index (χ3v) is 5.27. The summed E-state index contributed by atoms with van der Waals surface area (Å²) in [6.07, 6.45) is 0. The number of halogens is 2. The molecule has 0 bridgehead atoms. The Labute approximate surface area is 131 Å². The number of nitrogen functional groups attached to an aromatic ring is 1. The molecule has 0 aliphatic rings. The summed E-state index contributed by atoms with van der Waals surface area (Å²) in [4.78, 5) is -0.350. The minimum absolute atomic E-state index is 0.114. The van der Waals surface area contributed by atoms with Crippen molar-refractivity contribution in [3.63, 3.8) is 0 Å². The van der Waals surface area contributed by atoms with Crippen LogP contribution in [0.3, 0.4) is 0 Å². The van der Waals surface area contributed by atoms with Gasteiger partial charge in [-0.25, -0.2) is 12.8 Å². The van der Waals surface area contributed by atoms with Crippen LogP contribution in [-0.2, 0) is 16.6 Å². The number of nitrogens with zero attached hydrogens (tertiary/aromatic N) is 1. The fourth-order valence-corrected chi connectivity index (χ4v) is 3.42. The Morgan fingerprint density at radius 2 is 1.95 bits per heavy atom.